The van der Waals surface area contributed by atoms with Crippen molar-refractivity contribution in [2.45, 2.75) is 24.9 Å². The Morgan fingerprint density at radius 2 is 2.00 bits per heavy atom. The van der Waals surface area contributed by atoms with Gasteiger partial charge in [0.25, 0.3) is 0 Å². The first-order valence-corrected chi connectivity index (χ1v) is 8.43. The average Bonchev–Trinajstić information content (AvgIpc) is 2.94. The zero-order chi connectivity index (χ0) is 16.7. The molecule has 0 amide bonds. The van der Waals surface area contributed by atoms with E-state index in [9.17, 15) is 21.6 Å². The first kappa shape index (κ1) is 15.8. The largest absolute Gasteiger partial charge is 0.416 e. The molecule has 6 nitrogen and oxygen atoms in total. The maximum atomic E-state index is 12.7. The Morgan fingerprint density at radius 3 is 2.74 bits per heavy atom. The zero-order valence-corrected chi connectivity index (χ0v) is 12.7. The van der Waals surface area contributed by atoms with Gasteiger partial charge in [-0.2, -0.15) is 23.3 Å². The van der Waals surface area contributed by atoms with Crippen molar-refractivity contribution in [1.82, 2.24) is 14.8 Å². The van der Waals surface area contributed by atoms with Crippen molar-refractivity contribution < 1.29 is 21.6 Å². The fourth-order valence-corrected chi connectivity index (χ4v) is 4.02. The molecule has 0 aliphatic carbocycles. The highest BCUT2D eigenvalue weighted by Gasteiger charge is 2.32. The third-order valence-electron chi connectivity index (χ3n) is 3.49. The van der Waals surface area contributed by atoms with Crippen LogP contribution in [0.4, 0.5) is 19.1 Å². The fraction of sp³-hybridized carbons (Fsp3) is 0.385. The minimum atomic E-state index is -4.51. The molecule has 0 bridgehead atoms. The molecule has 1 aromatic heterocycles. The lowest BCUT2D eigenvalue weighted by molar-refractivity contribution is -0.137. The molecule has 1 aliphatic heterocycles. The topological polar surface area (TPSA) is 68.1 Å². The number of alkyl halides is 3. The van der Waals surface area contributed by atoms with Crippen LogP contribution in [-0.2, 0) is 28.5 Å². The molecule has 0 saturated heterocycles. The third kappa shape index (κ3) is 3.16. The number of aryl methyl sites for hydroxylation is 1. The molecule has 10 heteroatoms. The molecule has 0 radical (unpaired) electrons. The van der Waals surface area contributed by atoms with Crippen LogP contribution in [0.15, 0.2) is 30.6 Å². The van der Waals surface area contributed by atoms with Gasteiger partial charge in [0, 0.05) is 13.1 Å². The number of benzene rings is 1. The van der Waals surface area contributed by atoms with Crippen molar-refractivity contribution in [3.63, 3.8) is 0 Å². The van der Waals surface area contributed by atoms with Crippen LogP contribution < -0.4 is 4.31 Å². The smallest absolute Gasteiger partial charge is 0.237 e. The number of halogens is 3. The summed E-state index contributed by atoms with van der Waals surface area (Å²) in [7, 11) is -3.84. The quantitative estimate of drug-likeness (QED) is 0.853. The summed E-state index contributed by atoms with van der Waals surface area (Å²) < 4.78 is 65.8. The second kappa shape index (κ2) is 5.52. The van der Waals surface area contributed by atoms with Crippen molar-refractivity contribution >= 4 is 16.0 Å². The summed E-state index contributed by atoms with van der Waals surface area (Å²) in [6.45, 7) is 0.797. The molecule has 1 aliphatic rings. The first-order chi connectivity index (χ1) is 10.8. The number of aromatic nitrogens is 3. The van der Waals surface area contributed by atoms with Gasteiger partial charge in [-0.3, -0.25) is 0 Å². The van der Waals surface area contributed by atoms with Crippen LogP contribution in [0, 0.1) is 0 Å². The molecule has 0 fully saturated rings. The number of nitrogens with zero attached hydrogens (tertiary/aromatic N) is 4. The van der Waals surface area contributed by atoms with Gasteiger partial charge >= 0.3 is 6.18 Å². The van der Waals surface area contributed by atoms with Gasteiger partial charge in [0.2, 0.25) is 16.0 Å². The van der Waals surface area contributed by atoms with Crippen LogP contribution in [0.5, 0.6) is 0 Å². The van der Waals surface area contributed by atoms with Gasteiger partial charge in [0.05, 0.1) is 11.3 Å². The Labute approximate surface area is 130 Å². The summed E-state index contributed by atoms with van der Waals surface area (Å²) in [5.74, 6) is -0.327. The summed E-state index contributed by atoms with van der Waals surface area (Å²) in [5.41, 5.74) is -0.788. The Morgan fingerprint density at radius 1 is 1.22 bits per heavy atom. The van der Waals surface area contributed by atoms with Gasteiger partial charge in [-0.1, -0.05) is 18.2 Å². The highest BCUT2D eigenvalue weighted by Crippen LogP contribution is 2.30. The predicted molar refractivity (Wildman–Crippen MR) is 76.1 cm³/mol. The van der Waals surface area contributed by atoms with Crippen LogP contribution in [0.3, 0.4) is 0 Å². The van der Waals surface area contributed by atoms with Gasteiger partial charge in [-0.05, 0) is 18.1 Å². The molecule has 2 aromatic rings. The highest BCUT2D eigenvalue weighted by atomic mass is 32.2. The van der Waals surface area contributed by atoms with Crippen molar-refractivity contribution in [3.05, 3.63) is 41.7 Å². The lowest BCUT2D eigenvalue weighted by Gasteiger charge is -2.27. The SMILES string of the molecule is O=S(=O)(Cc1cccc(C(F)(F)F)c1)N1CCCn2ncnc21. The molecular formula is C13H13F3N4O2S. The number of fused-ring (bicyclic) bond motifs is 1. The molecule has 0 N–H and O–H groups in total. The Kier molecular flexibility index (Phi) is 3.78. The Bertz CT molecular complexity index is 817. The molecule has 124 valence electrons. The van der Waals surface area contributed by atoms with E-state index in [0.29, 0.717) is 13.0 Å². The molecular weight excluding hydrogens is 333 g/mol. The van der Waals surface area contributed by atoms with E-state index in [1.54, 1.807) is 0 Å². The van der Waals surface area contributed by atoms with E-state index in [2.05, 4.69) is 10.1 Å². The number of anilines is 1. The highest BCUT2D eigenvalue weighted by molar-refractivity contribution is 7.92. The maximum Gasteiger partial charge on any atom is 0.416 e. The van der Waals surface area contributed by atoms with E-state index in [1.807, 2.05) is 0 Å². The minimum absolute atomic E-state index is 0.0801. The molecule has 0 atom stereocenters. The van der Waals surface area contributed by atoms with E-state index in [0.717, 1.165) is 16.4 Å². The van der Waals surface area contributed by atoms with E-state index in [1.165, 1.54) is 23.1 Å². The molecule has 3 rings (SSSR count). The van der Waals surface area contributed by atoms with E-state index >= 15 is 0 Å². The second-order valence-electron chi connectivity index (χ2n) is 5.16. The summed E-state index contributed by atoms with van der Waals surface area (Å²) in [4.78, 5) is 3.92. The van der Waals surface area contributed by atoms with E-state index < -0.39 is 27.5 Å². The molecule has 0 spiro atoms. The van der Waals surface area contributed by atoms with Crippen LogP contribution >= 0.6 is 0 Å². The summed E-state index contributed by atoms with van der Waals surface area (Å²) >= 11 is 0. The van der Waals surface area contributed by atoms with Crippen LogP contribution in [0.1, 0.15) is 17.5 Å². The predicted octanol–water partition coefficient (Wildman–Crippen LogP) is 2.04. The monoisotopic (exact) mass is 346 g/mol. The van der Waals surface area contributed by atoms with E-state index in [-0.39, 0.29) is 18.1 Å². The second-order valence-corrected chi connectivity index (χ2v) is 7.06. The minimum Gasteiger partial charge on any atom is -0.237 e. The van der Waals surface area contributed by atoms with Gasteiger partial charge in [-0.25, -0.2) is 17.4 Å². The van der Waals surface area contributed by atoms with Gasteiger partial charge in [0.1, 0.15) is 6.33 Å². The number of hydrogen-bond donors (Lipinski definition) is 0. The number of sulfonamides is 1. The van der Waals surface area contributed by atoms with Crippen molar-refractivity contribution in [1.29, 1.82) is 0 Å². The molecule has 2 heterocycles. The summed E-state index contributed by atoms with van der Waals surface area (Å²) in [6, 6.07) is 4.33. The van der Waals surface area contributed by atoms with Crippen LogP contribution in [0.25, 0.3) is 0 Å². The summed E-state index contributed by atoms with van der Waals surface area (Å²) in [6.07, 6.45) is -2.68. The van der Waals surface area contributed by atoms with E-state index in [4.69, 9.17) is 0 Å². The Hall–Kier alpha value is -2.10. The zero-order valence-electron chi connectivity index (χ0n) is 11.9. The average molecular weight is 346 g/mol. The Balaban J connectivity index is 1.89. The number of hydrogen-bond acceptors (Lipinski definition) is 4. The van der Waals surface area contributed by atoms with Gasteiger partial charge < -0.3 is 0 Å². The normalized spacial score (nSPS) is 15.5. The standard InChI is InChI=1S/C13H13F3N4O2S/c14-13(15,16)11-4-1-3-10(7-11)8-23(21,22)20-6-2-5-19-12(20)17-9-18-19/h1,3-4,7,9H,2,5-6,8H2. The lowest BCUT2D eigenvalue weighted by atomic mass is 10.1. The van der Waals surface area contributed by atoms with Crippen LogP contribution in [0.2, 0.25) is 0 Å². The maximum absolute atomic E-state index is 12.7. The molecule has 0 unspecified atom stereocenters. The summed E-state index contributed by atoms with van der Waals surface area (Å²) in [5, 5.41) is 3.92. The van der Waals surface area contributed by atoms with Crippen LogP contribution in [-0.4, -0.2) is 29.7 Å². The lowest BCUT2D eigenvalue weighted by Crippen LogP contribution is -2.38. The van der Waals surface area contributed by atoms with Crippen molar-refractivity contribution in [2.75, 3.05) is 10.8 Å². The third-order valence-corrected chi connectivity index (χ3v) is 5.20. The van der Waals surface area contributed by atoms with Crippen molar-refractivity contribution in [3.8, 4) is 0 Å². The van der Waals surface area contributed by atoms with Crippen molar-refractivity contribution in [2.24, 2.45) is 0 Å². The molecule has 1 aromatic carbocycles. The van der Waals surface area contributed by atoms with Gasteiger partial charge in [-0.15, -0.1) is 0 Å². The first-order valence-electron chi connectivity index (χ1n) is 6.82. The number of rotatable bonds is 3. The fourth-order valence-electron chi connectivity index (χ4n) is 2.46. The van der Waals surface area contributed by atoms with Gasteiger partial charge in [0.15, 0.2) is 0 Å². The molecule has 23 heavy (non-hydrogen) atoms. The molecule has 0 saturated carbocycles.